The summed E-state index contributed by atoms with van der Waals surface area (Å²) in [7, 11) is 0. The van der Waals surface area contributed by atoms with Crippen molar-refractivity contribution < 1.29 is 8.81 Å². The molecule has 0 aliphatic heterocycles. The van der Waals surface area contributed by atoms with E-state index in [1.165, 1.54) is 12.1 Å². The molecule has 0 spiro atoms. The number of nitrogens with zero attached hydrogens (tertiary/aromatic N) is 2. The minimum Gasteiger partial charge on any atom is -0.441 e. The molecule has 17 heavy (non-hydrogen) atoms. The second-order valence-corrected chi connectivity index (χ2v) is 3.86. The van der Waals surface area contributed by atoms with E-state index in [0.29, 0.717) is 11.5 Å². The van der Waals surface area contributed by atoms with E-state index in [1.807, 2.05) is 6.07 Å². The largest absolute Gasteiger partial charge is 0.441 e. The topological polar surface area (TPSA) is 49.8 Å². The molecule has 3 nitrogen and oxygen atoms in total. The maximum absolute atomic E-state index is 13.6. The predicted molar refractivity (Wildman–Crippen MR) is 61.0 cm³/mol. The molecule has 2 rings (SSSR count). The number of nitriles is 1. The molecule has 0 aliphatic rings. The summed E-state index contributed by atoms with van der Waals surface area (Å²) in [4.78, 5) is 4.08. The van der Waals surface area contributed by atoms with Gasteiger partial charge >= 0.3 is 0 Å². The average Bonchev–Trinajstić information content (AvgIpc) is 2.60. The molecule has 0 saturated heterocycles. The summed E-state index contributed by atoms with van der Waals surface area (Å²) in [5.74, 6) is 0.110. The number of oxazole rings is 1. The van der Waals surface area contributed by atoms with Crippen LogP contribution in [0.15, 0.2) is 22.6 Å². The molecule has 0 unspecified atom stereocenters. The number of aryl methyl sites for hydroxylation is 1. The highest BCUT2D eigenvalue weighted by molar-refractivity contribution is 6.33. The average molecular weight is 251 g/mol. The Kier molecular flexibility index (Phi) is 3.12. The van der Waals surface area contributed by atoms with Gasteiger partial charge in [-0.3, -0.25) is 0 Å². The van der Waals surface area contributed by atoms with Gasteiger partial charge in [-0.15, -0.1) is 0 Å². The zero-order valence-corrected chi connectivity index (χ0v) is 9.75. The van der Waals surface area contributed by atoms with Crippen LogP contribution in [-0.2, 0) is 6.42 Å². The molecule has 1 aromatic carbocycles. The van der Waals surface area contributed by atoms with Crippen LogP contribution in [0.25, 0.3) is 11.5 Å². The first-order chi connectivity index (χ1) is 8.13. The number of hydrogen-bond acceptors (Lipinski definition) is 3. The third-order valence-corrected chi connectivity index (χ3v) is 2.63. The summed E-state index contributed by atoms with van der Waals surface area (Å²) in [5.41, 5.74) is 0.628. The fourth-order valence-corrected chi connectivity index (χ4v) is 1.72. The zero-order valence-electron chi connectivity index (χ0n) is 9.00. The van der Waals surface area contributed by atoms with Crippen LogP contribution in [0.2, 0.25) is 5.02 Å². The standard InChI is InChI=1S/C12H8ClFN2O/c1-7-10(5-6-15)16-12(17-7)11-8(13)3-2-4-9(11)14/h2-4H,5H2,1H3. The normalized spacial score (nSPS) is 10.2. The van der Waals surface area contributed by atoms with E-state index in [-0.39, 0.29) is 22.9 Å². The highest BCUT2D eigenvalue weighted by Gasteiger charge is 2.17. The molecule has 1 aromatic heterocycles. The Balaban J connectivity index is 2.54. The van der Waals surface area contributed by atoms with E-state index in [9.17, 15) is 4.39 Å². The minimum atomic E-state index is -0.498. The quantitative estimate of drug-likeness (QED) is 0.819. The first kappa shape index (κ1) is 11.6. The first-order valence-corrected chi connectivity index (χ1v) is 5.29. The van der Waals surface area contributed by atoms with Crippen LogP contribution in [0.3, 0.4) is 0 Å². The molecule has 0 radical (unpaired) electrons. The Morgan fingerprint density at radius 2 is 2.29 bits per heavy atom. The number of hydrogen-bond donors (Lipinski definition) is 0. The molecule has 2 aromatic rings. The van der Waals surface area contributed by atoms with Gasteiger partial charge in [0, 0.05) is 0 Å². The van der Waals surface area contributed by atoms with Gasteiger partial charge in [0.15, 0.2) is 0 Å². The van der Waals surface area contributed by atoms with Crippen molar-refractivity contribution in [2.75, 3.05) is 0 Å². The SMILES string of the molecule is Cc1oc(-c2c(F)cccc2Cl)nc1CC#N. The molecular weight excluding hydrogens is 243 g/mol. The monoisotopic (exact) mass is 250 g/mol. The van der Waals surface area contributed by atoms with Gasteiger partial charge in [0.05, 0.1) is 28.8 Å². The number of halogens is 2. The molecule has 0 amide bonds. The Hall–Kier alpha value is -1.86. The van der Waals surface area contributed by atoms with Crippen molar-refractivity contribution in [3.05, 3.63) is 40.5 Å². The molecule has 1 heterocycles. The molecule has 0 aliphatic carbocycles. The summed E-state index contributed by atoms with van der Waals surface area (Å²) in [6, 6.07) is 6.32. The van der Waals surface area contributed by atoms with E-state index < -0.39 is 5.82 Å². The van der Waals surface area contributed by atoms with Gasteiger partial charge in [0.2, 0.25) is 5.89 Å². The van der Waals surface area contributed by atoms with Crippen LogP contribution in [0.4, 0.5) is 4.39 Å². The third kappa shape index (κ3) is 2.15. The Morgan fingerprint density at radius 1 is 1.53 bits per heavy atom. The summed E-state index contributed by atoms with van der Waals surface area (Å²) in [5, 5.41) is 8.83. The summed E-state index contributed by atoms with van der Waals surface area (Å²) in [6.45, 7) is 1.68. The summed E-state index contributed by atoms with van der Waals surface area (Å²) < 4.78 is 18.9. The number of aromatic nitrogens is 1. The lowest BCUT2D eigenvalue weighted by molar-refractivity contribution is 0.533. The lowest BCUT2D eigenvalue weighted by Gasteiger charge is -2.00. The van der Waals surface area contributed by atoms with Crippen LogP contribution < -0.4 is 0 Å². The number of rotatable bonds is 2. The molecule has 0 N–H and O–H groups in total. The lowest BCUT2D eigenvalue weighted by atomic mass is 10.2. The Bertz CT molecular complexity index is 581. The van der Waals surface area contributed by atoms with Crippen molar-refractivity contribution in [1.29, 1.82) is 5.26 Å². The lowest BCUT2D eigenvalue weighted by Crippen LogP contribution is -1.87. The minimum absolute atomic E-state index is 0.107. The van der Waals surface area contributed by atoms with E-state index in [1.54, 1.807) is 13.0 Å². The summed E-state index contributed by atoms with van der Waals surface area (Å²) >= 11 is 5.90. The Labute approximate surface area is 102 Å². The van der Waals surface area contributed by atoms with Crippen molar-refractivity contribution in [2.24, 2.45) is 0 Å². The van der Waals surface area contributed by atoms with Crippen molar-refractivity contribution in [3.8, 4) is 17.5 Å². The maximum Gasteiger partial charge on any atom is 0.231 e. The van der Waals surface area contributed by atoms with Crippen LogP contribution >= 0.6 is 11.6 Å². The van der Waals surface area contributed by atoms with Gasteiger partial charge in [-0.1, -0.05) is 17.7 Å². The zero-order chi connectivity index (χ0) is 12.4. The molecular formula is C12H8ClFN2O. The van der Waals surface area contributed by atoms with Crippen molar-refractivity contribution in [3.63, 3.8) is 0 Å². The molecule has 0 bridgehead atoms. The second kappa shape index (κ2) is 4.56. The van der Waals surface area contributed by atoms with Crippen LogP contribution in [-0.4, -0.2) is 4.98 Å². The van der Waals surface area contributed by atoms with Gasteiger partial charge in [0.1, 0.15) is 11.6 Å². The van der Waals surface area contributed by atoms with Gasteiger partial charge in [-0.2, -0.15) is 5.26 Å². The van der Waals surface area contributed by atoms with Crippen molar-refractivity contribution in [2.45, 2.75) is 13.3 Å². The number of benzene rings is 1. The molecule has 86 valence electrons. The van der Waals surface area contributed by atoms with Gasteiger partial charge in [-0.05, 0) is 19.1 Å². The highest BCUT2D eigenvalue weighted by atomic mass is 35.5. The van der Waals surface area contributed by atoms with Crippen LogP contribution in [0.5, 0.6) is 0 Å². The fourth-order valence-electron chi connectivity index (χ4n) is 1.48. The molecule has 0 fully saturated rings. The third-order valence-electron chi connectivity index (χ3n) is 2.32. The van der Waals surface area contributed by atoms with Crippen molar-refractivity contribution >= 4 is 11.6 Å². The first-order valence-electron chi connectivity index (χ1n) is 4.91. The van der Waals surface area contributed by atoms with Crippen LogP contribution in [0.1, 0.15) is 11.5 Å². The molecule has 0 saturated carbocycles. The molecule has 0 atom stereocenters. The predicted octanol–water partition coefficient (Wildman–Crippen LogP) is 3.51. The molecule has 5 heteroatoms. The van der Waals surface area contributed by atoms with E-state index in [2.05, 4.69) is 4.98 Å². The van der Waals surface area contributed by atoms with Gasteiger partial charge in [0.25, 0.3) is 0 Å². The smallest absolute Gasteiger partial charge is 0.231 e. The van der Waals surface area contributed by atoms with E-state index >= 15 is 0 Å². The van der Waals surface area contributed by atoms with Gasteiger partial charge in [-0.25, -0.2) is 9.37 Å². The Morgan fingerprint density at radius 3 is 2.94 bits per heavy atom. The fraction of sp³-hybridized carbons (Fsp3) is 0.167. The van der Waals surface area contributed by atoms with Crippen molar-refractivity contribution in [1.82, 2.24) is 4.98 Å². The highest BCUT2D eigenvalue weighted by Crippen LogP contribution is 2.31. The maximum atomic E-state index is 13.6. The van der Waals surface area contributed by atoms with Crippen LogP contribution in [0, 0.1) is 24.1 Å². The van der Waals surface area contributed by atoms with E-state index in [4.69, 9.17) is 21.3 Å². The summed E-state index contributed by atoms with van der Waals surface area (Å²) in [6.07, 6.45) is 0.126. The van der Waals surface area contributed by atoms with Gasteiger partial charge < -0.3 is 4.42 Å². The van der Waals surface area contributed by atoms with E-state index in [0.717, 1.165) is 0 Å². The second-order valence-electron chi connectivity index (χ2n) is 3.45.